The van der Waals surface area contributed by atoms with Crippen molar-refractivity contribution in [3.63, 3.8) is 0 Å². The lowest BCUT2D eigenvalue weighted by Gasteiger charge is -2.35. The maximum atomic E-state index is 13.0. The highest BCUT2D eigenvalue weighted by atomic mass is 19.1. The van der Waals surface area contributed by atoms with Crippen LogP contribution in [0.3, 0.4) is 0 Å². The second-order valence-corrected chi connectivity index (χ2v) is 6.99. The number of halogens is 1. The third-order valence-corrected chi connectivity index (χ3v) is 4.84. The van der Waals surface area contributed by atoms with Gasteiger partial charge in [-0.05, 0) is 42.0 Å². The molecule has 1 aliphatic rings. The number of anilines is 2. The van der Waals surface area contributed by atoms with Gasteiger partial charge in [0.15, 0.2) is 0 Å². The van der Waals surface area contributed by atoms with E-state index in [0.29, 0.717) is 25.4 Å². The van der Waals surface area contributed by atoms with Crippen molar-refractivity contribution in [3.05, 3.63) is 59.9 Å². The predicted molar refractivity (Wildman–Crippen MR) is 109 cm³/mol. The van der Waals surface area contributed by atoms with Gasteiger partial charge < -0.3 is 20.3 Å². The first-order valence-corrected chi connectivity index (χ1v) is 9.42. The third-order valence-electron chi connectivity index (χ3n) is 4.84. The minimum absolute atomic E-state index is 0.0547. The van der Waals surface area contributed by atoms with Gasteiger partial charge in [0.25, 0.3) is 0 Å². The summed E-state index contributed by atoms with van der Waals surface area (Å²) in [6, 6.07) is 13.8. The molecule has 0 aromatic heterocycles. The van der Waals surface area contributed by atoms with Crippen LogP contribution < -0.4 is 15.5 Å². The summed E-state index contributed by atoms with van der Waals surface area (Å²) in [5, 5.41) is 5.68. The SMILES string of the molecule is CN(C)c1ccc(C(CNC(=O)Nc2ccc(F)cc2)N2CCOCC2)cc1. The number of carbonyl (C=O) groups excluding carboxylic acids is 1. The number of nitrogens with zero attached hydrogens (tertiary/aromatic N) is 2. The van der Waals surface area contributed by atoms with Crippen LogP contribution in [-0.4, -0.2) is 57.9 Å². The van der Waals surface area contributed by atoms with Gasteiger partial charge in [-0.15, -0.1) is 0 Å². The van der Waals surface area contributed by atoms with Gasteiger partial charge in [-0.3, -0.25) is 4.90 Å². The highest BCUT2D eigenvalue weighted by Gasteiger charge is 2.23. The van der Waals surface area contributed by atoms with Gasteiger partial charge in [-0.2, -0.15) is 0 Å². The van der Waals surface area contributed by atoms with E-state index in [1.807, 2.05) is 14.1 Å². The van der Waals surface area contributed by atoms with E-state index in [9.17, 15) is 9.18 Å². The molecule has 28 heavy (non-hydrogen) atoms. The van der Waals surface area contributed by atoms with Gasteiger partial charge in [-0.1, -0.05) is 12.1 Å². The number of hydrogen-bond acceptors (Lipinski definition) is 4. The number of urea groups is 1. The van der Waals surface area contributed by atoms with Crippen LogP contribution in [0.25, 0.3) is 0 Å². The van der Waals surface area contributed by atoms with E-state index in [2.05, 4.69) is 44.7 Å². The van der Waals surface area contributed by atoms with E-state index >= 15 is 0 Å². The van der Waals surface area contributed by atoms with Crippen molar-refractivity contribution in [1.29, 1.82) is 0 Å². The smallest absolute Gasteiger partial charge is 0.319 e. The predicted octanol–water partition coefficient (Wildman–Crippen LogP) is 3.09. The Labute approximate surface area is 165 Å². The molecule has 2 aromatic carbocycles. The molecule has 1 atom stereocenters. The molecule has 0 spiro atoms. The molecule has 1 aliphatic heterocycles. The number of ether oxygens (including phenoxy) is 1. The Morgan fingerprint density at radius 2 is 1.75 bits per heavy atom. The maximum absolute atomic E-state index is 13.0. The first-order valence-electron chi connectivity index (χ1n) is 9.42. The summed E-state index contributed by atoms with van der Waals surface area (Å²) in [5.41, 5.74) is 2.83. The van der Waals surface area contributed by atoms with Gasteiger partial charge in [-0.25, -0.2) is 9.18 Å². The lowest BCUT2D eigenvalue weighted by atomic mass is 10.0. The van der Waals surface area contributed by atoms with Crippen molar-refractivity contribution >= 4 is 17.4 Å². The van der Waals surface area contributed by atoms with Crippen LogP contribution in [0.2, 0.25) is 0 Å². The molecular formula is C21H27FN4O2. The molecule has 2 aromatic rings. The average Bonchev–Trinajstić information content (AvgIpc) is 2.71. The number of hydrogen-bond donors (Lipinski definition) is 2. The zero-order valence-corrected chi connectivity index (χ0v) is 16.3. The number of rotatable bonds is 6. The second kappa shape index (κ2) is 9.52. The molecule has 0 saturated carbocycles. The minimum Gasteiger partial charge on any atom is -0.379 e. The van der Waals surface area contributed by atoms with E-state index in [4.69, 9.17) is 4.74 Å². The zero-order valence-electron chi connectivity index (χ0n) is 16.3. The van der Waals surface area contributed by atoms with Crippen LogP contribution in [-0.2, 0) is 4.74 Å². The number of morpholine rings is 1. The summed E-state index contributed by atoms with van der Waals surface area (Å²) in [6.45, 7) is 3.49. The molecule has 0 bridgehead atoms. The fourth-order valence-corrected chi connectivity index (χ4v) is 3.24. The standard InChI is InChI=1S/C21H27FN4O2/c1-25(2)19-9-3-16(4-10-19)20(26-11-13-28-14-12-26)15-23-21(27)24-18-7-5-17(22)6-8-18/h3-10,20H,11-15H2,1-2H3,(H2,23,24,27). The summed E-state index contributed by atoms with van der Waals surface area (Å²) in [4.78, 5) is 16.7. The van der Waals surface area contributed by atoms with Crippen molar-refractivity contribution < 1.29 is 13.9 Å². The highest BCUT2D eigenvalue weighted by Crippen LogP contribution is 2.24. The topological polar surface area (TPSA) is 56.8 Å². The highest BCUT2D eigenvalue weighted by molar-refractivity contribution is 5.89. The quantitative estimate of drug-likeness (QED) is 0.801. The van der Waals surface area contributed by atoms with Crippen molar-refractivity contribution in [2.75, 3.05) is 57.2 Å². The fourth-order valence-electron chi connectivity index (χ4n) is 3.24. The number of amides is 2. The Bertz CT molecular complexity index is 759. The van der Waals surface area contributed by atoms with Gasteiger partial charge in [0.2, 0.25) is 0 Å². The van der Waals surface area contributed by atoms with E-state index in [-0.39, 0.29) is 17.9 Å². The molecule has 6 nitrogen and oxygen atoms in total. The molecule has 7 heteroatoms. The molecule has 2 amide bonds. The zero-order chi connectivity index (χ0) is 19.9. The van der Waals surface area contributed by atoms with E-state index in [1.165, 1.54) is 24.3 Å². The average molecular weight is 386 g/mol. The van der Waals surface area contributed by atoms with Crippen LogP contribution in [0.5, 0.6) is 0 Å². The van der Waals surface area contributed by atoms with Crippen LogP contribution in [0.15, 0.2) is 48.5 Å². The molecular weight excluding hydrogens is 359 g/mol. The van der Waals surface area contributed by atoms with Crippen LogP contribution in [0.4, 0.5) is 20.6 Å². The molecule has 0 aliphatic carbocycles. The largest absolute Gasteiger partial charge is 0.379 e. The van der Waals surface area contributed by atoms with Crippen LogP contribution >= 0.6 is 0 Å². The second-order valence-electron chi connectivity index (χ2n) is 6.99. The van der Waals surface area contributed by atoms with Gasteiger partial charge in [0.05, 0.1) is 19.3 Å². The number of benzene rings is 2. The summed E-state index contributed by atoms with van der Waals surface area (Å²) in [5.74, 6) is -0.334. The lowest BCUT2D eigenvalue weighted by Crippen LogP contribution is -2.44. The van der Waals surface area contributed by atoms with E-state index in [1.54, 1.807) is 0 Å². The van der Waals surface area contributed by atoms with Crippen molar-refractivity contribution in [3.8, 4) is 0 Å². The summed E-state index contributed by atoms with van der Waals surface area (Å²) in [7, 11) is 4.02. The Balaban J connectivity index is 1.66. The maximum Gasteiger partial charge on any atom is 0.319 e. The molecule has 3 rings (SSSR count). The Kier molecular flexibility index (Phi) is 6.84. The molecule has 1 fully saturated rings. The molecule has 0 radical (unpaired) electrons. The summed E-state index contributed by atoms with van der Waals surface area (Å²) < 4.78 is 18.5. The summed E-state index contributed by atoms with van der Waals surface area (Å²) >= 11 is 0. The molecule has 1 heterocycles. The fraction of sp³-hybridized carbons (Fsp3) is 0.381. The molecule has 1 unspecified atom stereocenters. The minimum atomic E-state index is -0.334. The van der Waals surface area contributed by atoms with Crippen molar-refractivity contribution in [2.24, 2.45) is 0 Å². The number of carbonyl (C=O) groups is 1. The Morgan fingerprint density at radius 3 is 2.36 bits per heavy atom. The van der Waals surface area contributed by atoms with E-state index in [0.717, 1.165) is 24.3 Å². The van der Waals surface area contributed by atoms with Gasteiger partial charge >= 0.3 is 6.03 Å². The normalized spacial score (nSPS) is 15.7. The van der Waals surface area contributed by atoms with Crippen LogP contribution in [0, 0.1) is 5.82 Å². The van der Waals surface area contributed by atoms with Crippen molar-refractivity contribution in [2.45, 2.75) is 6.04 Å². The van der Waals surface area contributed by atoms with Crippen molar-refractivity contribution in [1.82, 2.24) is 10.2 Å². The van der Waals surface area contributed by atoms with E-state index < -0.39 is 0 Å². The third kappa shape index (κ3) is 5.43. The first kappa shape index (κ1) is 20.1. The number of nitrogens with one attached hydrogen (secondary N) is 2. The van der Waals surface area contributed by atoms with Crippen LogP contribution in [0.1, 0.15) is 11.6 Å². The Morgan fingerprint density at radius 1 is 1.11 bits per heavy atom. The summed E-state index contributed by atoms with van der Waals surface area (Å²) in [6.07, 6.45) is 0. The molecule has 2 N–H and O–H groups in total. The lowest BCUT2D eigenvalue weighted by molar-refractivity contribution is 0.0168. The Hall–Kier alpha value is -2.64. The molecule has 150 valence electrons. The van der Waals surface area contributed by atoms with Gasteiger partial charge in [0, 0.05) is 45.1 Å². The first-order chi connectivity index (χ1) is 13.5. The molecule has 1 saturated heterocycles. The van der Waals surface area contributed by atoms with Gasteiger partial charge in [0.1, 0.15) is 5.82 Å². The monoisotopic (exact) mass is 386 g/mol.